The van der Waals surface area contributed by atoms with E-state index in [2.05, 4.69) is 20.3 Å². The number of benzene rings is 1. The number of nitrogens with zero attached hydrogens (tertiary/aromatic N) is 4. The molecule has 0 spiro atoms. The quantitative estimate of drug-likeness (QED) is 0.627. The lowest BCUT2D eigenvalue weighted by Crippen LogP contribution is -2.26. The van der Waals surface area contributed by atoms with Crippen LogP contribution in [0.2, 0.25) is 0 Å². The third-order valence-corrected chi connectivity index (χ3v) is 6.49. The summed E-state index contributed by atoms with van der Waals surface area (Å²) >= 11 is 0. The van der Waals surface area contributed by atoms with Gasteiger partial charge in [-0.3, -0.25) is 4.79 Å². The molecule has 1 saturated heterocycles. The molecule has 1 aliphatic carbocycles. The average Bonchev–Trinajstić information content (AvgIpc) is 3.33. The molecule has 1 aromatic carbocycles. The molecule has 33 heavy (non-hydrogen) atoms. The largest absolute Gasteiger partial charge is 0.357 e. The molecule has 172 valence electrons. The van der Waals surface area contributed by atoms with Gasteiger partial charge in [-0.1, -0.05) is 18.9 Å². The van der Waals surface area contributed by atoms with E-state index in [4.69, 9.17) is 0 Å². The summed E-state index contributed by atoms with van der Waals surface area (Å²) in [6, 6.07) is 7.68. The first-order chi connectivity index (χ1) is 16.1. The molecular formula is C25H27F2N5O. The molecule has 2 aromatic heterocycles. The fourth-order valence-corrected chi connectivity index (χ4v) is 4.72. The van der Waals surface area contributed by atoms with Crippen LogP contribution < -0.4 is 10.2 Å². The van der Waals surface area contributed by atoms with Crippen molar-refractivity contribution < 1.29 is 13.6 Å². The Labute approximate surface area is 191 Å². The van der Waals surface area contributed by atoms with Crippen molar-refractivity contribution in [1.82, 2.24) is 20.1 Å². The highest BCUT2D eigenvalue weighted by Gasteiger charge is 2.27. The Morgan fingerprint density at radius 2 is 1.79 bits per heavy atom. The maximum atomic E-state index is 13.8. The second kappa shape index (κ2) is 9.29. The zero-order chi connectivity index (χ0) is 22.8. The van der Waals surface area contributed by atoms with Crippen LogP contribution in [0.15, 0.2) is 36.5 Å². The van der Waals surface area contributed by atoms with E-state index in [1.807, 2.05) is 18.3 Å². The molecule has 2 aliphatic rings. The molecule has 1 N–H and O–H groups in total. The summed E-state index contributed by atoms with van der Waals surface area (Å²) in [5.74, 6) is -1.13. The van der Waals surface area contributed by atoms with Crippen molar-refractivity contribution in [3.63, 3.8) is 0 Å². The van der Waals surface area contributed by atoms with Crippen LogP contribution in [0.25, 0.3) is 5.69 Å². The number of carbonyl (C=O) groups excluding carboxylic acids is 1. The van der Waals surface area contributed by atoms with Crippen molar-refractivity contribution in [3.8, 4) is 5.69 Å². The number of halogens is 2. The van der Waals surface area contributed by atoms with Gasteiger partial charge in [-0.05, 0) is 55.9 Å². The van der Waals surface area contributed by atoms with E-state index in [-0.39, 0.29) is 5.91 Å². The minimum atomic E-state index is -0.933. The highest BCUT2D eigenvalue weighted by atomic mass is 19.2. The van der Waals surface area contributed by atoms with Gasteiger partial charge < -0.3 is 10.2 Å². The maximum absolute atomic E-state index is 13.8. The molecule has 0 saturated carbocycles. The number of aromatic nitrogens is 3. The predicted octanol–water partition coefficient (Wildman–Crippen LogP) is 4.34. The molecule has 1 amide bonds. The molecule has 5 rings (SSSR count). The molecule has 3 aromatic rings. The first-order valence-corrected chi connectivity index (χ1v) is 11.6. The van der Waals surface area contributed by atoms with Crippen LogP contribution in [0.5, 0.6) is 0 Å². The predicted molar refractivity (Wildman–Crippen MR) is 122 cm³/mol. The molecular weight excluding hydrogens is 424 g/mol. The second-order valence-corrected chi connectivity index (χ2v) is 8.75. The number of fused-ring (bicyclic) bond motifs is 1. The van der Waals surface area contributed by atoms with Crippen LogP contribution in [0, 0.1) is 11.6 Å². The first-order valence-electron chi connectivity index (χ1n) is 11.6. The number of anilines is 1. The lowest BCUT2D eigenvalue weighted by molar-refractivity contribution is 0.0944. The van der Waals surface area contributed by atoms with E-state index in [9.17, 15) is 13.6 Å². The smallest absolute Gasteiger partial charge is 0.272 e. The van der Waals surface area contributed by atoms with Gasteiger partial charge >= 0.3 is 0 Å². The Balaban J connectivity index is 1.29. The number of nitrogens with one attached hydrogen (secondary N) is 1. The SMILES string of the molecule is O=C(NCc1ccc(N2CCCCCC2)nc1)c1nn(-c2ccc(F)c(F)c2)c2c1CCC2. The molecule has 3 heterocycles. The van der Waals surface area contributed by atoms with Gasteiger partial charge in [0.25, 0.3) is 5.91 Å². The van der Waals surface area contributed by atoms with Gasteiger partial charge in [-0.25, -0.2) is 18.4 Å². The van der Waals surface area contributed by atoms with Gasteiger partial charge in [0.05, 0.1) is 5.69 Å². The summed E-state index contributed by atoms with van der Waals surface area (Å²) in [6.45, 7) is 2.42. The van der Waals surface area contributed by atoms with Crippen LogP contribution in [0.3, 0.4) is 0 Å². The number of hydrogen-bond donors (Lipinski definition) is 1. The number of pyridine rings is 1. The lowest BCUT2D eigenvalue weighted by atomic mass is 10.2. The number of carbonyl (C=O) groups is 1. The van der Waals surface area contributed by atoms with E-state index in [0.717, 1.165) is 67.1 Å². The number of hydrogen-bond acceptors (Lipinski definition) is 4. The van der Waals surface area contributed by atoms with E-state index < -0.39 is 11.6 Å². The minimum absolute atomic E-state index is 0.272. The van der Waals surface area contributed by atoms with Gasteiger partial charge in [-0.15, -0.1) is 0 Å². The molecule has 6 nitrogen and oxygen atoms in total. The van der Waals surface area contributed by atoms with Gasteiger partial charge in [0.2, 0.25) is 0 Å². The minimum Gasteiger partial charge on any atom is -0.357 e. The molecule has 1 aliphatic heterocycles. The summed E-state index contributed by atoms with van der Waals surface area (Å²) in [5, 5.41) is 7.40. The summed E-state index contributed by atoms with van der Waals surface area (Å²) in [4.78, 5) is 19.9. The fourth-order valence-electron chi connectivity index (χ4n) is 4.72. The molecule has 0 atom stereocenters. The van der Waals surface area contributed by atoms with Crippen LogP contribution in [-0.4, -0.2) is 33.8 Å². The third kappa shape index (κ3) is 4.47. The van der Waals surface area contributed by atoms with Crippen LogP contribution in [0.4, 0.5) is 14.6 Å². The van der Waals surface area contributed by atoms with Gasteiger partial charge in [0, 0.05) is 43.2 Å². The maximum Gasteiger partial charge on any atom is 0.272 e. The Bertz CT molecular complexity index is 1150. The standard InChI is InChI=1S/C25H27F2N5O/c26-20-10-9-18(14-21(20)27)32-22-7-5-6-19(22)24(30-32)25(33)29-16-17-8-11-23(28-15-17)31-12-3-1-2-4-13-31/h8-11,14-15H,1-7,12-13,16H2,(H,29,33). The van der Waals surface area contributed by atoms with Gasteiger partial charge in [-0.2, -0.15) is 5.10 Å². The Morgan fingerprint density at radius 3 is 2.52 bits per heavy atom. The summed E-state index contributed by atoms with van der Waals surface area (Å²) in [7, 11) is 0. The van der Waals surface area contributed by atoms with Crippen LogP contribution in [-0.2, 0) is 19.4 Å². The van der Waals surface area contributed by atoms with Gasteiger partial charge in [0.15, 0.2) is 17.3 Å². The highest BCUT2D eigenvalue weighted by molar-refractivity contribution is 5.94. The van der Waals surface area contributed by atoms with Crippen molar-refractivity contribution in [2.75, 3.05) is 18.0 Å². The number of rotatable bonds is 5. The first kappa shape index (κ1) is 21.6. The molecule has 8 heteroatoms. The normalized spacial score (nSPS) is 15.9. The topological polar surface area (TPSA) is 63.1 Å². The van der Waals surface area contributed by atoms with E-state index in [0.29, 0.717) is 17.9 Å². The summed E-state index contributed by atoms with van der Waals surface area (Å²) in [5.41, 5.74) is 3.45. The summed E-state index contributed by atoms with van der Waals surface area (Å²) in [6.07, 6.45) is 9.14. The van der Waals surface area contributed by atoms with E-state index in [1.54, 1.807) is 4.68 Å². The van der Waals surface area contributed by atoms with Crippen LogP contribution in [0.1, 0.15) is 59.4 Å². The molecule has 0 unspecified atom stereocenters. The van der Waals surface area contributed by atoms with Gasteiger partial charge in [0.1, 0.15) is 5.82 Å². The van der Waals surface area contributed by atoms with Crippen molar-refractivity contribution in [1.29, 1.82) is 0 Å². The number of amides is 1. The van der Waals surface area contributed by atoms with Crippen molar-refractivity contribution in [2.24, 2.45) is 0 Å². The lowest BCUT2D eigenvalue weighted by Gasteiger charge is -2.21. The zero-order valence-electron chi connectivity index (χ0n) is 18.5. The fraction of sp³-hybridized carbons (Fsp3) is 0.400. The Hall–Kier alpha value is -3.29. The van der Waals surface area contributed by atoms with E-state index in [1.165, 1.54) is 31.7 Å². The molecule has 0 radical (unpaired) electrons. The average molecular weight is 452 g/mol. The monoisotopic (exact) mass is 451 g/mol. The zero-order valence-corrected chi connectivity index (χ0v) is 18.5. The van der Waals surface area contributed by atoms with Crippen LogP contribution >= 0.6 is 0 Å². The molecule has 0 bridgehead atoms. The summed E-state index contributed by atoms with van der Waals surface area (Å²) < 4.78 is 28.7. The Morgan fingerprint density at radius 1 is 0.970 bits per heavy atom. The van der Waals surface area contributed by atoms with Crippen molar-refractivity contribution in [3.05, 3.63) is 70.7 Å². The highest BCUT2D eigenvalue weighted by Crippen LogP contribution is 2.28. The molecule has 1 fully saturated rings. The second-order valence-electron chi connectivity index (χ2n) is 8.75. The van der Waals surface area contributed by atoms with Crippen molar-refractivity contribution >= 4 is 11.7 Å². The van der Waals surface area contributed by atoms with Crippen molar-refractivity contribution in [2.45, 2.75) is 51.5 Å². The Kier molecular flexibility index (Phi) is 6.07. The third-order valence-electron chi connectivity index (χ3n) is 6.49. The van der Waals surface area contributed by atoms with E-state index >= 15 is 0 Å².